The zero-order chi connectivity index (χ0) is 18.0. The number of rotatable bonds is 4. The van der Waals surface area contributed by atoms with Crippen LogP contribution in [0.25, 0.3) is 10.8 Å². The van der Waals surface area contributed by atoms with E-state index in [0.29, 0.717) is 0 Å². The predicted octanol–water partition coefficient (Wildman–Crippen LogP) is 3.73. The monoisotopic (exact) mass is 353 g/mol. The molecule has 3 aromatic carbocycles. The first-order valence-electron chi connectivity index (χ1n) is 7.95. The smallest absolute Gasteiger partial charge is 0.253 e. The van der Waals surface area contributed by atoms with Crippen LogP contribution in [-0.2, 0) is 9.84 Å². The van der Waals surface area contributed by atoms with Gasteiger partial charge in [0.25, 0.3) is 5.91 Å². The summed E-state index contributed by atoms with van der Waals surface area (Å²) in [6.07, 6.45) is 1.10. The van der Waals surface area contributed by atoms with Crippen LogP contribution in [0.3, 0.4) is 0 Å². The Morgan fingerprint density at radius 1 is 0.920 bits per heavy atom. The van der Waals surface area contributed by atoms with Crippen molar-refractivity contribution < 1.29 is 13.2 Å². The second kappa shape index (κ2) is 6.69. The van der Waals surface area contributed by atoms with Crippen LogP contribution in [-0.4, -0.2) is 20.6 Å². The third-order valence-electron chi connectivity index (χ3n) is 4.17. The molecular weight excluding hydrogens is 334 g/mol. The van der Waals surface area contributed by atoms with Gasteiger partial charge in [0.15, 0.2) is 9.84 Å². The number of carbonyl (C=O) groups excluding carboxylic acids is 1. The molecule has 0 aliphatic carbocycles. The lowest BCUT2D eigenvalue weighted by Crippen LogP contribution is -2.28. The molecule has 0 radical (unpaired) electrons. The lowest BCUT2D eigenvalue weighted by atomic mass is 9.99. The van der Waals surface area contributed by atoms with E-state index in [1.54, 1.807) is 12.1 Å². The Morgan fingerprint density at radius 3 is 2.32 bits per heavy atom. The highest BCUT2D eigenvalue weighted by Crippen LogP contribution is 2.25. The van der Waals surface area contributed by atoms with E-state index in [9.17, 15) is 13.2 Å². The van der Waals surface area contributed by atoms with Crippen molar-refractivity contribution >= 4 is 26.5 Å². The van der Waals surface area contributed by atoms with Crippen molar-refractivity contribution in [3.63, 3.8) is 0 Å². The van der Waals surface area contributed by atoms with Crippen LogP contribution in [0.4, 0.5) is 0 Å². The first kappa shape index (κ1) is 17.2. The van der Waals surface area contributed by atoms with Gasteiger partial charge in [0, 0.05) is 6.26 Å². The fraction of sp³-hybridized carbons (Fsp3) is 0.150. The van der Waals surface area contributed by atoms with Crippen LogP contribution in [0.15, 0.2) is 71.6 Å². The third-order valence-corrected chi connectivity index (χ3v) is 5.32. The molecule has 3 aromatic rings. The minimum absolute atomic E-state index is 0.0395. The molecule has 5 heteroatoms. The van der Waals surface area contributed by atoms with E-state index in [4.69, 9.17) is 0 Å². The molecule has 1 N–H and O–H groups in total. The summed E-state index contributed by atoms with van der Waals surface area (Å²) in [6.45, 7) is 1.89. The lowest BCUT2D eigenvalue weighted by Gasteiger charge is -2.17. The second-order valence-electron chi connectivity index (χ2n) is 6.03. The quantitative estimate of drug-likeness (QED) is 0.777. The number of sulfone groups is 1. The van der Waals surface area contributed by atoms with Gasteiger partial charge in [-0.15, -0.1) is 0 Å². The van der Waals surface area contributed by atoms with Gasteiger partial charge in [-0.05, 0) is 35.4 Å². The summed E-state index contributed by atoms with van der Waals surface area (Å²) in [5.41, 5.74) is 1.15. The van der Waals surface area contributed by atoms with Crippen LogP contribution >= 0.6 is 0 Å². The molecular formula is C20H19NO3S. The summed E-state index contributed by atoms with van der Waals surface area (Å²) in [7, 11) is -3.47. The summed E-state index contributed by atoms with van der Waals surface area (Å²) in [5, 5.41) is 5.07. The Morgan fingerprint density at radius 2 is 1.56 bits per heavy atom. The SMILES string of the molecule is CC(NC(=O)c1ccccc1S(C)(=O)=O)c1cccc2ccccc12. The van der Waals surface area contributed by atoms with Gasteiger partial charge in [-0.3, -0.25) is 4.79 Å². The van der Waals surface area contributed by atoms with Gasteiger partial charge < -0.3 is 5.32 Å². The third kappa shape index (κ3) is 3.56. The van der Waals surface area contributed by atoms with Gasteiger partial charge in [0.05, 0.1) is 16.5 Å². The van der Waals surface area contributed by atoms with Crippen molar-refractivity contribution in [3.05, 3.63) is 77.9 Å². The second-order valence-corrected chi connectivity index (χ2v) is 8.02. The van der Waals surface area contributed by atoms with Crippen LogP contribution in [0.2, 0.25) is 0 Å². The highest BCUT2D eigenvalue weighted by molar-refractivity contribution is 7.90. The molecule has 128 valence electrons. The molecule has 0 saturated carbocycles. The Kier molecular flexibility index (Phi) is 4.59. The molecule has 1 amide bonds. The lowest BCUT2D eigenvalue weighted by molar-refractivity contribution is 0.0937. The molecule has 1 atom stereocenters. The first-order chi connectivity index (χ1) is 11.9. The fourth-order valence-electron chi connectivity index (χ4n) is 2.96. The number of benzene rings is 3. The largest absolute Gasteiger partial charge is 0.345 e. The van der Waals surface area contributed by atoms with E-state index in [0.717, 1.165) is 22.6 Å². The topological polar surface area (TPSA) is 63.2 Å². The van der Waals surface area contributed by atoms with Crippen molar-refractivity contribution in [1.29, 1.82) is 0 Å². The molecule has 3 rings (SSSR count). The van der Waals surface area contributed by atoms with Crippen LogP contribution < -0.4 is 5.32 Å². The first-order valence-corrected chi connectivity index (χ1v) is 9.84. The molecule has 0 aliphatic heterocycles. The molecule has 0 aromatic heterocycles. The van der Waals surface area contributed by atoms with Gasteiger partial charge >= 0.3 is 0 Å². The molecule has 0 spiro atoms. The Bertz CT molecular complexity index is 1040. The van der Waals surface area contributed by atoms with Gasteiger partial charge in [-0.2, -0.15) is 0 Å². The molecule has 0 aliphatic rings. The fourth-order valence-corrected chi connectivity index (χ4v) is 3.84. The van der Waals surface area contributed by atoms with E-state index >= 15 is 0 Å². The number of amides is 1. The van der Waals surface area contributed by atoms with E-state index in [2.05, 4.69) is 5.32 Å². The van der Waals surface area contributed by atoms with Crippen LogP contribution in [0, 0.1) is 0 Å². The Balaban J connectivity index is 1.94. The zero-order valence-corrected chi connectivity index (χ0v) is 14.9. The summed E-state index contributed by atoms with van der Waals surface area (Å²) in [5.74, 6) is -0.401. The van der Waals surface area contributed by atoms with Gasteiger partial charge in [-0.1, -0.05) is 54.6 Å². The molecule has 0 bridgehead atoms. The average molecular weight is 353 g/mol. The van der Waals surface area contributed by atoms with Crippen molar-refractivity contribution in [1.82, 2.24) is 5.32 Å². The number of hydrogen-bond donors (Lipinski definition) is 1. The predicted molar refractivity (Wildman–Crippen MR) is 99.4 cm³/mol. The van der Waals surface area contributed by atoms with Crippen molar-refractivity contribution in [2.24, 2.45) is 0 Å². The highest BCUT2D eigenvalue weighted by Gasteiger charge is 2.20. The molecule has 0 heterocycles. The number of carbonyl (C=O) groups is 1. The summed E-state index contributed by atoms with van der Waals surface area (Å²) < 4.78 is 23.8. The van der Waals surface area contributed by atoms with Crippen LogP contribution in [0.5, 0.6) is 0 Å². The minimum Gasteiger partial charge on any atom is -0.345 e. The van der Waals surface area contributed by atoms with Crippen LogP contribution in [0.1, 0.15) is 28.9 Å². The van der Waals surface area contributed by atoms with Crippen molar-refractivity contribution in [3.8, 4) is 0 Å². The number of fused-ring (bicyclic) bond motifs is 1. The van der Waals surface area contributed by atoms with E-state index in [1.807, 2.05) is 49.4 Å². The highest BCUT2D eigenvalue weighted by atomic mass is 32.2. The van der Waals surface area contributed by atoms with Crippen molar-refractivity contribution in [2.75, 3.05) is 6.26 Å². The number of hydrogen-bond acceptors (Lipinski definition) is 3. The number of nitrogens with one attached hydrogen (secondary N) is 1. The zero-order valence-electron chi connectivity index (χ0n) is 14.1. The summed E-state index contributed by atoms with van der Waals surface area (Å²) in [6, 6.07) is 19.9. The van der Waals surface area contributed by atoms with Gasteiger partial charge in [0.2, 0.25) is 0 Å². The molecule has 0 fully saturated rings. The van der Waals surface area contributed by atoms with Gasteiger partial charge in [0.1, 0.15) is 0 Å². The summed E-state index contributed by atoms with van der Waals surface area (Å²) >= 11 is 0. The maximum Gasteiger partial charge on any atom is 0.253 e. The maximum absolute atomic E-state index is 12.7. The minimum atomic E-state index is -3.47. The standard InChI is InChI=1S/C20H19NO3S/c1-14(16-12-7-9-15-8-3-4-10-17(15)16)21-20(22)18-11-5-6-13-19(18)25(2,23)24/h3-14H,1-2H3,(H,21,22). The van der Waals surface area contributed by atoms with E-state index in [1.165, 1.54) is 12.1 Å². The normalized spacial score (nSPS) is 12.7. The molecule has 1 unspecified atom stereocenters. The maximum atomic E-state index is 12.7. The van der Waals surface area contributed by atoms with E-state index in [-0.39, 0.29) is 16.5 Å². The molecule has 4 nitrogen and oxygen atoms in total. The Labute approximate surface area is 147 Å². The van der Waals surface area contributed by atoms with E-state index < -0.39 is 15.7 Å². The van der Waals surface area contributed by atoms with Crippen molar-refractivity contribution in [2.45, 2.75) is 17.9 Å². The molecule has 0 saturated heterocycles. The Hall–Kier alpha value is -2.66. The summed E-state index contributed by atoms with van der Waals surface area (Å²) in [4.78, 5) is 12.7. The average Bonchev–Trinajstić information content (AvgIpc) is 2.60. The molecule has 25 heavy (non-hydrogen) atoms. The van der Waals surface area contributed by atoms with Gasteiger partial charge in [-0.25, -0.2) is 8.42 Å².